The van der Waals surface area contributed by atoms with Gasteiger partial charge in [-0.2, -0.15) is 0 Å². The van der Waals surface area contributed by atoms with Gasteiger partial charge < -0.3 is 15.0 Å². The average molecular weight is 195 g/mol. The van der Waals surface area contributed by atoms with Crippen molar-refractivity contribution in [2.24, 2.45) is 0 Å². The highest BCUT2D eigenvalue weighted by Crippen LogP contribution is 2.11. The van der Waals surface area contributed by atoms with E-state index in [0.29, 0.717) is 6.10 Å². The average Bonchev–Trinajstić information content (AvgIpc) is 2.72. The van der Waals surface area contributed by atoms with Crippen LogP contribution in [0.5, 0.6) is 0 Å². The van der Waals surface area contributed by atoms with Crippen LogP contribution in [0.4, 0.5) is 0 Å². The van der Waals surface area contributed by atoms with Crippen LogP contribution in [-0.4, -0.2) is 29.2 Å². The Labute approximate surface area is 84.1 Å². The summed E-state index contributed by atoms with van der Waals surface area (Å²) in [5.74, 6) is 0.987. The van der Waals surface area contributed by atoms with Gasteiger partial charge in [0.25, 0.3) is 0 Å². The van der Waals surface area contributed by atoms with Gasteiger partial charge in [0, 0.05) is 25.5 Å². The second kappa shape index (κ2) is 5.12. The first-order valence-electron chi connectivity index (χ1n) is 5.26. The monoisotopic (exact) mass is 195 g/mol. The van der Waals surface area contributed by atoms with Crippen molar-refractivity contribution in [1.82, 2.24) is 15.3 Å². The molecule has 2 N–H and O–H groups in total. The number of H-pyrrole nitrogens is 1. The van der Waals surface area contributed by atoms with Gasteiger partial charge in [0.2, 0.25) is 0 Å². The van der Waals surface area contributed by atoms with Crippen LogP contribution < -0.4 is 5.32 Å². The van der Waals surface area contributed by atoms with E-state index in [0.717, 1.165) is 25.5 Å². The van der Waals surface area contributed by atoms with Crippen LogP contribution in [-0.2, 0) is 11.3 Å². The van der Waals surface area contributed by atoms with Crippen molar-refractivity contribution in [2.75, 3.05) is 13.2 Å². The molecule has 2 heterocycles. The molecule has 1 atom stereocenters. The Balaban J connectivity index is 1.62. The second-order valence-electron chi connectivity index (χ2n) is 3.66. The Kier molecular flexibility index (Phi) is 3.54. The zero-order chi connectivity index (χ0) is 9.64. The molecule has 1 aromatic heterocycles. The van der Waals surface area contributed by atoms with Gasteiger partial charge >= 0.3 is 0 Å². The molecule has 2 rings (SSSR count). The van der Waals surface area contributed by atoms with Crippen molar-refractivity contribution in [1.29, 1.82) is 0 Å². The lowest BCUT2D eigenvalue weighted by atomic mass is 10.1. The maximum Gasteiger partial charge on any atom is 0.120 e. The second-order valence-corrected chi connectivity index (χ2v) is 3.66. The normalized spacial score (nSPS) is 22.4. The minimum absolute atomic E-state index is 0.402. The van der Waals surface area contributed by atoms with Gasteiger partial charge in [0.1, 0.15) is 5.82 Å². The minimum Gasteiger partial charge on any atom is -0.377 e. The third kappa shape index (κ3) is 2.82. The zero-order valence-electron chi connectivity index (χ0n) is 8.33. The smallest absolute Gasteiger partial charge is 0.120 e. The maximum atomic E-state index is 5.60. The fourth-order valence-corrected chi connectivity index (χ4v) is 1.71. The fraction of sp³-hybridized carbons (Fsp3) is 0.700. The van der Waals surface area contributed by atoms with Crippen LogP contribution >= 0.6 is 0 Å². The van der Waals surface area contributed by atoms with Crippen LogP contribution in [0.2, 0.25) is 0 Å². The minimum atomic E-state index is 0.402. The molecule has 78 valence electrons. The zero-order valence-corrected chi connectivity index (χ0v) is 8.33. The van der Waals surface area contributed by atoms with Crippen molar-refractivity contribution < 1.29 is 4.74 Å². The van der Waals surface area contributed by atoms with Crippen LogP contribution in [0.1, 0.15) is 25.1 Å². The first kappa shape index (κ1) is 9.68. The van der Waals surface area contributed by atoms with Crippen LogP contribution in [0.3, 0.4) is 0 Å². The number of nitrogens with zero attached hydrogens (tertiary/aromatic N) is 1. The predicted molar refractivity (Wildman–Crippen MR) is 53.9 cm³/mol. The lowest BCUT2D eigenvalue weighted by molar-refractivity contribution is 0.0167. The van der Waals surface area contributed by atoms with E-state index >= 15 is 0 Å². The molecule has 1 fully saturated rings. The summed E-state index contributed by atoms with van der Waals surface area (Å²) in [6, 6.07) is 0. The van der Waals surface area contributed by atoms with E-state index in [4.69, 9.17) is 4.74 Å². The summed E-state index contributed by atoms with van der Waals surface area (Å²) in [5.41, 5.74) is 0. The largest absolute Gasteiger partial charge is 0.377 e. The molecule has 1 unspecified atom stereocenters. The summed E-state index contributed by atoms with van der Waals surface area (Å²) >= 11 is 0. The van der Waals surface area contributed by atoms with Gasteiger partial charge in [-0.1, -0.05) is 0 Å². The number of aromatic amines is 1. The highest BCUT2D eigenvalue weighted by molar-refractivity contribution is 4.86. The Bertz CT molecular complexity index is 242. The van der Waals surface area contributed by atoms with Crippen LogP contribution in [0.25, 0.3) is 0 Å². The van der Waals surface area contributed by atoms with E-state index < -0.39 is 0 Å². The van der Waals surface area contributed by atoms with Gasteiger partial charge in [-0.25, -0.2) is 4.98 Å². The van der Waals surface area contributed by atoms with Gasteiger partial charge in [0.15, 0.2) is 0 Å². The molecule has 4 nitrogen and oxygen atoms in total. The number of aromatic nitrogens is 2. The molecule has 14 heavy (non-hydrogen) atoms. The number of ether oxygens (including phenoxy) is 1. The van der Waals surface area contributed by atoms with Crippen molar-refractivity contribution in [3.63, 3.8) is 0 Å². The van der Waals surface area contributed by atoms with Gasteiger partial charge in [0.05, 0.1) is 12.6 Å². The number of rotatable bonds is 4. The van der Waals surface area contributed by atoms with Gasteiger partial charge in [-0.15, -0.1) is 0 Å². The molecule has 0 aliphatic carbocycles. The Hall–Kier alpha value is -0.870. The molecule has 4 heteroatoms. The molecule has 1 aliphatic rings. The first-order valence-corrected chi connectivity index (χ1v) is 5.26. The number of hydrogen-bond donors (Lipinski definition) is 2. The fourth-order valence-electron chi connectivity index (χ4n) is 1.71. The molecule has 0 radical (unpaired) electrons. The van der Waals surface area contributed by atoms with Gasteiger partial charge in [-0.3, -0.25) is 0 Å². The molecule has 0 saturated carbocycles. The molecule has 0 bridgehead atoms. The Morgan fingerprint density at radius 3 is 3.29 bits per heavy atom. The molecule has 1 aliphatic heterocycles. The maximum absolute atomic E-state index is 5.60. The summed E-state index contributed by atoms with van der Waals surface area (Å²) in [5, 5.41) is 3.34. The predicted octanol–water partition coefficient (Wildman–Crippen LogP) is 1.07. The molecule has 0 aromatic carbocycles. The van der Waals surface area contributed by atoms with E-state index in [2.05, 4.69) is 15.3 Å². The standard InChI is InChI=1S/C10H17N3O/c1-2-6-14-9(3-1)7-11-8-10-12-4-5-13-10/h4-5,9,11H,1-3,6-8H2,(H,12,13). The topological polar surface area (TPSA) is 49.9 Å². The van der Waals surface area contributed by atoms with Crippen LogP contribution in [0, 0.1) is 0 Å². The van der Waals surface area contributed by atoms with Crippen molar-refractivity contribution >= 4 is 0 Å². The number of nitrogens with one attached hydrogen (secondary N) is 2. The highest BCUT2D eigenvalue weighted by Gasteiger charge is 2.12. The highest BCUT2D eigenvalue weighted by atomic mass is 16.5. The molecular weight excluding hydrogens is 178 g/mol. The molecule has 1 aromatic rings. The lowest BCUT2D eigenvalue weighted by Gasteiger charge is -2.22. The van der Waals surface area contributed by atoms with E-state index in [1.165, 1.54) is 19.3 Å². The Morgan fingerprint density at radius 2 is 2.57 bits per heavy atom. The summed E-state index contributed by atoms with van der Waals surface area (Å²) < 4.78 is 5.60. The van der Waals surface area contributed by atoms with E-state index in [1.54, 1.807) is 6.20 Å². The lowest BCUT2D eigenvalue weighted by Crippen LogP contribution is -2.31. The van der Waals surface area contributed by atoms with Crippen molar-refractivity contribution in [3.05, 3.63) is 18.2 Å². The van der Waals surface area contributed by atoms with Gasteiger partial charge in [-0.05, 0) is 19.3 Å². The SMILES string of the molecule is c1c[nH]c(CNCC2CCCCO2)n1. The molecule has 1 saturated heterocycles. The number of hydrogen-bond acceptors (Lipinski definition) is 3. The molecule has 0 amide bonds. The molecular formula is C10H17N3O. The van der Waals surface area contributed by atoms with E-state index in [-0.39, 0.29) is 0 Å². The van der Waals surface area contributed by atoms with E-state index in [1.807, 2.05) is 6.20 Å². The summed E-state index contributed by atoms with van der Waals surface area (Å²) in [6.07, 6.45) is 7.72. The van der Waals surface area contributed by atoms with E-state index in [9.17, 15) is 0 Å². The van der Waals surface area contributed by atoms with Crippen molar-refractivity contribution in [3.8, 4) is 0 Å². The summed E-state index contributed by atoms with van der Waals surface area (Å²) in [6.45, 7) is 2.65. The molecule has 0 spiro atoms. The third-order valence-electron chi connectivity index (χ3n) is 2.49. The summed E-state index contributed by atoms with van der Waals surface area (Å²) in [7, 11) is 0. The quantitative estimate of drug-likeness (QED) is 0.755. The van der Waals surface area contributed by atoms with Crippen molar-refractivity contribution in [2.45, 2.75) is 31.9 Å². The number of imidazole rings is 1. The Morgan fingerprint density at radius 1 is 1.57 bits per heavy atom. The van der Waals surface area contributed by atoms with Crippen LogP contribution in [0.15, 0.2) is 12.4 Å². The summed E-state index contributed by atoms with van der Waals surface area (Å²) in [4.78, 5) is 7.20. The first-order chi connectivity index (χ1) is 6.95. The third-order valence-corrected chi connectivity index (χ3v) is 2.49.